The Balaban J connectivity index is 1.67. The Hall–Kier alpha value is -3.54. The Labute approximate surface area is 149 Å². The van der Waals surface area contributed by atoms with Gasteiger partial charge in [0.05, 0.1) is 6.26 Å². The van der Waals surface area contributed by atoms with Crippen LogP contribution in [-0.2, 0) is 4.79 Å². The van der Waals surface area contributed by atoms with E-state index in [2.05, 4.69) is 4.98 Å². The zero-order chi connectivity index (χ0) is 18.1. The van der Waals surface area contributed by atoms with Gasteiger partial charge in [0.15, 0.2) is 11.7 Å². The number of rotatable bonds is 5. The number of fused-ring (bicyclic) bond motifs is 1. The molecule has 0 saturated carbocycles. The van der Waals surface area contributed by atoms with Crippen LogP contribution in [0.3, 0.4) is 0 Å². The zero-order valence-corrected chi connectivity index (χ0v) is 14.0. The molecule has 1 atom stereocenters. The third-order valence-corrected chi connectivity index (χ3v) is 3.99. The van der Waals surface area contributed by atoms with Crippen molar-refractivity contribution in [1.29, 1.82) is 0 Å². The van der Waals surface area contributed by atoms with E-state index in [-0.39, 0.29) is 0 Å². The Morgan fingerprint density at radius 1 is 1.12 bits per heavy atom. The summed E-state index contributed by atoms with van der Waals surface area (Å²) in [6, 6.07) is 16.6. The first kappa shape index (κ1) is 16.0. The summed E-state index contributed by atoms with van der Waals surface area (Å²) in [5.41, 5.74) is 8.30. The van der Waals surface area contributed by atoms with Gasteiger partial charge in [-0.3, -0.25) is 4.79 Å². The third-order valence-electron chi connectivity index (χ3n) is 3.99. The number of carbonyl (C=O) groups excluding carboxylic acids is 1. The summed E-state index contributed by atoms with van der Waals surface area (Å²) in [5.74, 6) is 1.23. The highest BCUT2D eigenvalue weighted by molar-refractivity contribution is 5.81. The molecule has 4 rings (SSSR count). The van der Waals surface area contributed by atoms with Gasteiger partial charge in [0, 0.05) is 11.1 Å². The average molecular weight is 348 g/mol. The second-order valence-corrected chi connectivity index (χ2v) is 5.87. The molecule has 2 aromatic carbocycles. The molecule has 0 aliphatic rings. The number of hydrogen-bond acceptors (Lipinski definition) is 5. The van der Waals surface area contributed by atoms with E-state index in [9.17, 15) is 4.79 Å². The normalized spacial score (nSPS) is 12.2. The lowest BCUT2D eigenvalue weighted by atomic mass is 10.1. The van der Waals surface area contributed by atoms with Gasteiger partial charge in [-0.05, 0) is 55.5 Å². The van der Waals surface area contributed by atoms with Crippen molar-refractivity contribution in [2.24, 2.45) is 5.73 Å². The van der Waals surface area contributed by atoms with Crippen LogP contribution in [-0.4, -0.2) is 17.0 Å². The van der Waals surface area contributed by atoms with Gasteiger partial charge in [-0.25, -0.2) is 4.98 Å². The minimum Gasteiger partial charge on any atom is -0.481 e. The first-order valence-corrected chi connectivity index (χ1v) is 8.11. The van der Waals surface area contributed by atoms with Crippen LogP contribution in [0.1, 0.15) is 6.92 Å². The smallest absolute Gasteiger partial charge is 0.258 e. The van der Waals surface area contributed by atoms with Gasteiger partial charge < -0.3 is 19.3 Å². The number of furan rings is 1. The highest BCUT2D eigenvalue weighted by Crippen LogP contribution is 2.30. The average Bonchev–Trinajstić information content (AvgIpc) is 3.30. The van der Waals surface area contributed by atoms with E-state index in [4.69, 9.17) is 19.3 Å². The molecule has 130 valence electrons. The predicted octanol–water partition coefficient (Wildman–Crippen LogP) is 4.01. The number of ether oxygens (including phenoxy) is 1. The summed E-state index contributed by atoms with van der Waals surface area (Å²) >= 11 is 0. The number of nitrogens with two attached hydrogens (primary N) is 1. The molecule has 2 heterocycles. The van der Waals surface area contributed by atoms with E-state index < -0.39 is 12.0 Å². The van der Waals surface area contributed by atoms with Crippen molar-refractivity contribution in [2.75, 3.05) is 0 Å². The molecular formula is C20H16N2O4. The lowest BCUT2D eigenvalue weighted by Gasteiger charge is -2.11. The van der Waals surface area contributed by atoms with Crippen LogP contribution in [0.4, 0.5) is 0 Å². The van der Waals surface area contributed by atoms with Crippen molar-refractivity contribution >= 4 is 17.0 Å². The predicted molar refractivity (Wildman–Crippen MR) is 96.4 cm³/mol. The molecule has 0 radical (unpaired) electrons. The second-order valence-electron chi connectivity index (χ2n) is 5.87. The Morgan fingerprint density at radius 3 is 2.77 bits per heavy atom. The van der Waals surface area contributed by atoms with Crippen LogP contribution >= 0.6 is 0 Å². The first-order valence-electron chi connectivity index (χ1n) is 8.11. The molecule has 2 N–H and O–H groups in total. The Morgan fingerprint density at radius 2 is 2.00 bits per heavy atom. The van der Waals surface area contributed by atoms with Gasteiger partial charge in [-0.1, -0.05) is 6.07 Å². The van der Waals surface area contributed by atoms with E-state index in [1.165, 1.54) is 0 Å². The summed E-state index contributed by atoms with van der Waals surface area (Å²) in [7, 11) is 0. The van der Waals surface area contributed by atoms with Gasteiger partial charge in [-0.15, -0.1) is 0 Å². The molecule has 4 aromatic rings. The molecule has 1 amide bonds. The van der Waals surface area contributed by atoms with Crippen molar-refractivity contribution in [1.82, 2.24) is 4.98 Å². The lowest BCUT2D eigenvalue weighted by Crippen LogP contribution is -2.30. The molecular weight excluding hydrogens is 332 g/mol. The molecule has 0 aliphatic heterocycles. The van der Waals surface area contributed by atoms with Crippen LogP contribution in [0.5, 0.6) is 5.75 Å². The fourth-order valence-electron chi connectivity index (χ4n) is 2.61. The van der Waals surface area contributed by atoms with Gasteiger partial charge in [0.2, 0.25) is 5.89 Å². The molecule has 6 nitrogen and oxygen atoms in total. The number of benzene rings is 2. The van der Waals surface area contributed by atoms with Gasteiger partial charge in [0.1, 0.15) is 17.0 Å². The van der Waals surface area contributed by atoms with E-state index in [1.54, 1.807) is 25.3 Å². The fourth-order valence-corrected chi connectivity index (χ4v) is 2.61. The van der Waals surface area contributed by atoms with Crippen molar-refractivity contribution in [2.45, 2.75) is 13.0 Å². The second kappa shape index (κ2) is 6.40. The van der Waals surface area contributed by atoms with Gasteiger partial charge >= 0.3 is 0 Å². The number of primary amides is 1. The van der Waals surface area contributed by atoms with Crippen LogP contribution in [0.25, 0.3) is 33.9 Å². The summed E-state index contributed by atoms with van der Waals surface area (Å²) in [6.45, 7) is 1.60. The highest BCUT2D eigenvalue weighted by Gasteiger charge is 2.13. The molecule has 0 fully saturated rings. The van der Waals surface area contributed by atoms with Crippen LogP contribution in [0, 0.1) is 0 Å². The maximum Gasteiger partial charge on any atom is 0.258 e. The van der Waals surface area contributed by atoms with Crippen LogP contribution in [0.2, 0.25) is 0 Å². The minimum absolute atomic E-state index is 0.466. The number of amides is 1. The van der Waals surface area contributed by atoms with Crippen molar-refractivity contribution in [3.63, 3.8) is 0 Å². The maximum atomic E-state index is 11.2. The molecule has 0 spiro atoms. The number of hydrogen-bond donors (Lipinski definition) is 1. The molecule has 0 aliphatic carbocycles. The van der Waals surface area contributed by atoms with Crippen molar-refractivity contribution < 1.29 is 18.4 Å². The topological polar surface area (TPSA) is 91.5 Å². The monoisotopic (exact) mass is 348 g/mol. The fraction of sp³-hybridized carbons (Fsp3) is 0.100. The zero-order valence-electron chi connectivity index (χ0n) is 14.0. The largest absolute Gasteiger partial charge is 0.481 e. The number of aromatic nitrogens is 1. The van der Waals surface area contributed by atoms with E-state index in [0.717, 1.165) is 22.4 Å². The summed E-state index contributed by atoms with van der Waals surface area (Å²) < 4.78 is 16.8. The summed E-state index contributed by atoms with van der Waals surface area (Å²) in [5, 5.41) is 0. The van der Waals surface area contributed by atoms with E-state index in [0.29, 0.717) is 17.2 Å². The van der Waals surface area contributed by atoms with Gasteiger partial charge in [0.25, 0.3) is 5.91 Å². The van der Waals surface area contributed by atoms with Crippen LogP contribution < -0.4 is 10.5 Å². The highest BCUT2D eigenvalue weighted by atomic mass is 16.5. The number of oxazole rings is 1. The standard InChI is InChI=1S/C20H16N2O4/c1-12(19(21)23)25-15-5-2-4-14(10-15)20-22-16-8-7-13(11-18(16)26-20)17-6-3-9-24-17/h2-12H,1H3,(H2,21,23). The molecule has 0 bridgehead atoms. The molecule has 26 heavy (non-hydrogen) atoms. The third kappa shape index (κ3) is 3.04. The summed E-state index contributed by atoms with van der Waals surface area (Å²) in [4.78, 5) is 15.7. The van der Waals surface area contributed by atoms with Crippen molar-refractivity contribution in [3.8, 4) is 28.5 Å². The maximum absolute atomic E-state index is 11.2. The number of carbonyl (C=O) groups is 1. The quantitative estimate of drug-likeness (QED) is 0.588. The van der Waals surface area contributed by atoms with E-state index in [1.807, 2.05) is 42.5 Å². The van der Waals surface area contributed by atoms with Crippen LogP contribution in [0.15, 0.2) is 69.7 Å². The molecule has 6 heteroatoms. The van der Waals surface area contributed by atoms with E-state index >= 15 is 0 Å². The molecule has 1 unspecified atom stereocenters. The van der Waals surface area contributed by atoms with Gasteiger partial charge in [-0.2, -0.15) is 0 Å². The molecule has 2 aromatic heterocycles. The minimum atomic E-state index is -0.718. The Bertz CT molecular complexity index is 1070. The lowest BCUT2D eigenvalue weighted by molar-refractivity contribution is -0.123. The Kier molecular flexibility index (Phi) is 3.93. The molecule has 0 saturated heterocycles. The SMILES string of the molecule is CC(Oc1cccc(-c2nc3ccc(-c4ccco4)cc3o2)c1)C(N)=O. The first-order chi connectivity index (χ1) is 12.6. The summed E-state index contributed by atoms with van der Waals surface area (Å²) in [6.07, 6.45) is 0.911. The van der Waals surface area contributed by atoms with Crippen molar-refractivity contribution in [3.05, 3.63) is 60.9 Å². The number of nitrogens with zero attached hydrogens (tertiary/aromatic N) is 1.